The van der Waals surface area contributed by atoms with Gasteiger partial charge in [-0.1, -0.05) is 29.3 Å². The fraction of sp³-hybridized carbons (Fsp3) is 0.667. The van der Waals surface area contributed by atoms with E-state index in [-0.39, 0.29) is 19.4 Å². The van der Waals surface area contributed by atoms with Crippen LogP contribution in [0.5, 0.6) is 0 Å². The summed E-state index contributed by atoms with van der Waals surface area (Å²) in [5.74, 6) is -3.01. The number of alkyl halides is 1. The summed E-state index contributed by atoms with van der Waals surface area (Å²) in [5.41, 5.74) is 10.5. The van der Waals surface area contributed by atoms with Gasteiger partial charge in [0.05, 0.1) is 0 Å². The Labute approximate surface area is 136 Å². The van der Waals surface area contributed by atoms with Gasteiger partial charge in [-0.05, 0) is 6.42 Å². The SMILES string of the molecule is CCC[C@H](NC(=O)[C@@H](N)CNC(=O)[C@@H](Br)CC(N)=O)C(=O)O. The van der Waals surface area contributed by atoms with Crippen molar-refractivity contribution in [3.8, 4) is 0 Å². The lowest BCUT2D eigenvalue weighted by atomic mass is 10.1. The van der Waals surface area contributed by atoms with E-state index in [0.29, 0.717) is 6.42 Å². The van der Waals surface area contributed by atoms with Crippen LogP contribution in [-0.4, -0.2) is 52.3 Å². The molecule has 22 heavy (non-hydrogen) atoms. The molecule has 9 nitrogen and oxygen atoms in total. The highest BCUT2D eigenvalue weighted by Crippen LogP contribution is 2.04. The van der Waals surface area contributed by atoms with Crippen LogP contribution in [0.25, 0.3) is 0 Å². The molecular formula is C12H21BrN4O5. The van der Waals surface area contributed by atoms with E-state index in [1.54, 1.807) is 6.92 Å². The number of rotatable bonds is 10. The second-order valence-corrected chi connectivity index (χ2v) is 5.78. The third-order valence-corrected chi connectivity index (χ3v) is 3.43. The maximum Gasteiger partial charge on any atom is 0.326 e. The summed E-state index contributed by atoms with van der Waals surface area (Å²) in [6, 6.07) is -2.12. The maximum absolute atomic E-state index is 11.8. The predicted octanol–water partition coefficient (Wildman–Crippen LogP) is -1.56. The Bertz CT molecular complexity index is 432. The number of halogens is 1. The molecule has 3 amide bonds. The highest BCUT2D eigenvalue weighted by atomic mass is 79.9. The standard InChI is InChI=1S/C12H21BrN4O5/c1-2-3-8(12(21)22)17-11(20)7(14)5-16-10(19)6(13)4-9(15)18/h6-8H,2-5,14H2,1H3,(H2,15,18)(H,16,19)(H,17,20)(H,21,22)/t6-,7-,8-/m0/s1. The fourth-order valence-electron chi connectivity index (χ4n) is 1.51. The summed E-state index contributed by atoms with van der Waals surface area (Å²) in [6.45, 7) is 1.60. The zero-order valence-corrected chi connectivity index (χ0v) is 13.8. The number of nitrogens with two attached hydrogens (primary N) is 2. The summed E-state index contributed by atoms with van der Waals surface area (Å²) in [7, 11) is 0. The second kappa shape index (κ2) is 10.1. The number of nitrogens with one attached hydrogen (secondary N) is 2. The van der Waals surface area contributed by atoms with Crippen LogP contribution in [0, 0.1) is 0 Å². The fourth-order valence-corrected chi connectivity index (χ4v) is 1.99. The summed E-state index contributed by atoms with van der Waals surface area (Å²) in [4.78, 5) is 44.1. The van der Waals surface area contributed by atoms with E-state index >= 15 is 0 Å². The number of carboxylic acid groups (broad SMARTS) is 1. The molecule has 0 aromatic carbocycles. The number of carbonyl (C=O) groups excluding carboxylic acids is 3. The third-order valence-electron chi connectivity index (χ3n) is 2.69. The van der Waals surface area contributed by atoms with Crippen molar-refractivity contribution in [1.29, 1.82) is 0 Å². The summed E-state index contributed by atoms with van der Waals surface area (Å²) in [5, 5.41) is 13.6. The number of primary amides is 1. The van der Waals surface area contributed by atoms with E-state index in [1.165, 1.54) is 0 Å². The van der Waals surface area contributed by atoms with E-state index < -0.39 is 40.6 Å². The monoisotopic (exact) mass is 380 g/mol. The molecule has 0 unspecified atom stereocenters. The average Bonchev–Trinajstić information content (AvgIpc) is 2.42. The van der Waals surface area contributed by atoms with Crippen LogP contribution in [0.2, 0.25) is 0 Å². The molecule has 0 fully saturated rings. The Hall–Kier alpha value is -1.68. The summed E-state index contributed by atoms with van der Waals surface area (Å²) >= 11 is 2.98. The van der Waals surface area contributed by atoms with Gasteiger partial charge in [0.25, 0.3) is 0 Å². The largest absolute Gasteiger partial charge is 0.480 e. The molecule has 0 bridgehead atoms. The van der Waals surface area contributed by atoms with Crippen molar-refractivity contribution in [3.05, 3.63) is 0 Å². The molecule has 0 aliphatic carbocycles. The Morgan fingerprint density at radius 3 is 2.27 bits per heavy atom. The lowest BCUT2D eigenvalue weighted by Gasteiger charge is -2.18. The molecule has 0 aliphatic rings. The van der Waals surface area contributed by atoms with Gasteiger partial charge in [-0.3, -0.25) is 14.4 Å². The van der Waals surface area contributed by atoms with Crippen LogP contribution >= 0.6 is 15.9 Å². The number of aliphatic carboxylic acids is 1. The van der Waals surface area contributed by atoms with Gasteiger partial charge in [0.2, 0.25) is 17.7 Å². The van der Waals surface area contributed by atoms with Gasteiger partial charge in [0.1, 0.15) is 16.9 Å². The Morgan fingerprint density at radius 1 is 1.23 bits per heavy atom. The van der Waals surface area contributed by atoms with Crippen LogP contribution in [0.1, 0.15) is 26.2 Å². The van der Waals surface area contributed by atoms with E-state index in [2.05, 4.69) is 26.6 Å². The number of carboxylic acids is 1. The van der Waals surface area contributed by atoms with Gasteiger partial charge in [0.15, 0.2) is 0 Å². The van der Waals surface area contributed by atoms with Crippen LogP contribution in [0.15, 0.2) is 0 Å². The molecule has 0 spiro atoms. The minimum Gasteiger partial charge on any atom is -0.480 e. The predicted molar refractivity (Wildman–Crippen MR) is 82.0 cm³/mol. The molecule has 126 valence electrons. The summed E-state index contributed by atoms with van der Waals surface area (Å²) < 4.78 is 0. The van der Waals surface area contributed by atoms with Crippen molar-refractivity contribution in [1.82, 2.24) is 10.6 Å². The number of hydrogen-bond acceptors (Lipinski definition) is 5. The molecule has 0 saturated carbocycles. The van der Waals surface area contributed by atoms with Gasteiger partial charge < -0.3 is 27.2 Å². The smallest absolute Gasteiger partial charge is 0.326 e. The van der Waals surface area contributed by atoms with Crippen molar-refractivity contribution in [2.45, 2.75) is 43.1 Å². The van der Waals surface area contributed by atoms with Gasteiger partial charge in [-0.2, -0.15) is 0 Å². The highest BCUT2D eigenvalue weighted by molar-refractivity contribution is 9.10. The van der Waals surface area contributed by atoms with Crippen LogP contribution in [0.4, 0.5) is 0 Å². The first-order valence-corrected chi connectivity index (χ1v) is 7.59. The molecule has 10 heteroatoms. The van der Waals surface area contributed by atoms with Crippen LogP contribution in [0.3, 0.4) is 0 Å². The van der Waals surface area contributed by atoms with Crippen LogP contribution < -0.4 is 22.1 Å². The molecular weight excluding hydrogens is 360 g/mol. The van der Waals surface area contributed by atoms with Crippen molar-refractivity contribution in [3.63, 3.8) is 0 Å². The van der Waals surface area contributed by atoms with Crippen molar-refractivity contribution >= 4 is 39.6 Å². The molecule has 0 rings (SSSR count). The average molecular weight is 381 g/mol. The molecule has 3 atom stereocenters. The molecule has 0 aromatic heterocycles. The molecule has 0 aliphatic heterocycles. The lowest BCUT2D eigenvalue weighted by molar-refractivity contribution is -0.142. The lowest BCUT2D eigenvalue weighted by Crippen LogP contribution is -2.53. The minimum atomic E-state index is -1.14. The van der Waals surface area contributed by atoms with Gasteiger partial charge in [0, 0.05) is 13.0 Å². The van der Waals surface area contributed by atoms with Crippen LogP contribution in [-0.2, 0) is 19.2 Å². The van der Waals surface area contributed by atoms with E-state index in [0.717, 1.165) is 0 Å². The van der Waals surface area contributed by atoms with Crippen molar-refractivity contribution in [2.75, 3.05) is 6.54 Å². The zero-order valence-electron chi connectivity index (χ0n) is 12.2. The third kappa shape index (κ3) is 7.93. The van der Waals surface area contributed by atoms with Crippen molar-refractivity contribution < 1.29 is 24.3 Å². The zero-order chi connectivity index (χ0) is 17.3. The highest BCUT2D eigenvalue weighted by Gasteiger charge is 2.24. The number of amides is 3. The Morgan fingerprint density at radius 2 is 1.82 bits per heavy atom. The van der Waals surface area contributed by atoms with Crippen molar-refractivity contribution in [2.24, 2.45) is 11.5 Å². The molecule has 0 saturated heterocycles. The normalized spacial score (nSPS) is 14.5. The number of carbonyl (C=O) groups is 4. The first-order chi connectivity index (χ1) is 10.2. The molecule has 0 aromatic rings. The minimum absolute atomic E-state index is 0.190. The molecule has 7 N–H and O–H groups in total. The topological polar surface area (TPSA) is 165 Å². The Balaban J connectivity index is 4.33. The Kier molecular flexibility index (Phi) is 9.34. The first kappa shape index (κ1) is 20.3. The second-order valence-electron chi connectivity index (χ2n) is 4.68. The van der Waals surface area contributed by atoms with Gasteiger partial charge >= 0.3 is 5.97 Å². The quantitative estimate of drug-likeness (QED) is 0.287. The number of hydrogen-bond donors (Lipinski definition) is 5. The van der Waals surface area contributed by atoms with Gasteiger partial charge in [-0.25, -0.2) is 4.79 Å². The van der Waals surface area contributed by atoms with E-state index in [4.69, 9.17) is 16.6 Å². The summed E-state index contributed by atoms with van der Waals surface area (Å²) in [6.07, 6.45) is 0.675. The van der Waals surface area contributed by atoms with Gasteiger partial charge in [-0.15, -0.1) is 0 Å². The molecule has 0 radical (unpaired) electrons. The maximum atomic E-state index is 11.8. The first-order valence-electron chi connectivity index (χ1n) is 6.67. The van der Waals surface area contributed by atoms with E-state index in [1.807, 2.05) is 0 Å². The van der Waals surface area contributed by atoms with E-state index in [9.17, 15) is 19.2 Å². The molecule has 0 heterocycles.